The monoisotopic (exact) mass is 249 g/mol. The molecule has 0 fully saturated rings. The van der Waals surface area contributed by atoms with Crippen LogP contribution in [0.4, 0.5) is 16.2 Å². The molecular weight excluding hydrogens is 242 g/mol. The average Bonchev–Trinajstić information content (AvgIpc) is 2.60. The van der Waals surface area contributed by atoms with E-state index in [-0.39, 0.29) is 17.3 Å². The van der Waals surface area contributed by atoms with E-state index in [1.807, 2.05) is 0 Å². The number of rotatable bonds is 2. The second-order valence-corrected chi connectivity index (χ2v) is 3.35. The molecule has 9 heteroatoms. The first-order valence-electron chi connectivity index (χ1n) is 4.69. The highest BCUT2D eigenvalue weighted by atomic mass is 16.6. The maximum absolute atomic E-state index is 10.6. The second kappa shape index (κ2) is 4.13. The molecule has 9 nitrogen and oxygen atoms in total. The maximum Gasteiger partial charge on any atom is 0.356 e. The summed E-state index contributed by atoms with van der Waals surface area (Å²) in [6.45, 7) is 0. The molecule has 92 valence electrons. The van der Waals surface area contributed by atoms with Crippen molar-refractivity contribution in [3.63, 3.8) is 0 Å². The zero-order valence-corrected chi connectivity index (χ0v) is 8.82. The van der Waals surface area contributed by atoms with Gasteiger partial charge in [0.25, 0.3) is 5.69 Å². The Morgan fingerprint density at radius 1 is 1.50 bits per heavy atom. The van der Waals surface area contributed by atoms with Crippen LogP contribution in [0.3, 0.4) is 0 Å². The maximum atomic E-state index is 10.6. The van der Waals surface area contributed by atoms with Crippen LogP contribution in [0.2, 0.25) is 0 Å². The summed E-state index contributed by atoms with van der Waals surface area (Å²) in [5, 5.41) is 27.1. The highest BCUT2D eigenvalue weighted by molar-refractivity contribution is 5.95. The summed E-state index contributed by atoms with van der Waals surface area (Å²) in [5.41, 5.74) is 4.95. The Labute approximate surface area is 99.1 Å². The van der Waals surface area contributed by atoms with Gasteiger partial charge in [0.05, 0.1) is 10.4 Å². The van der Waals surface area contributed by atoms with Crippen LogP contribution in [0.15, 0.2) is 28.4 Å². The number of benzene rings is 1. The number of nitro groups is 1. The number of amides is 2. The van der Waals surface area contributed by atoms with Crippen molar-refractivity contribution in [1.82, 2.24) is 4.98 Å². The molecule has 0 aliphatic heterocycles. The van der Waals surface area contributed by atoms with Crippen LogP contribution in [0, 0.1) is 10.1 Å². The van der Waals surface area contributed by atoms with Gasteiger partial charge < -0.3 is 15.8 Å². The van der Waals surface area contributed by atoms with Crippen molar-refractivity contribution in [3.8, 4) is 5.88 Å². The Balaban J connectivity index is 2.59. The normalized spacial score (nSPS) is 11.1. The van der Waals surface area contributed by atoms with Gasteiger partial charge in [-0.05, 0) is 6.07 Å². The minimum absolute atomic E-state index is 0.00121. The first-order chi connectivity index (χ1) is 8.49. The molecule has 0 saturated heterocycles. The molecule has 1 aromatic heterocycles. The SMILES string of the molecule is NC(=O)N=Nc1c(O)[nH]c2cc([N+](=O)[O-])ccc12. The van der Waals surface area contributed by atoms with E-state index in [4.69, 9.17) is 5.73 Å². The van der Waals surface area contributed by atoms with E-state index >= 15 is 0 Å². The molecule has 0 saturated carbocycles. The van der Waals surface area contributed by atoms with E-state index < -0.39 is 11.0 Å². The fourth-order valence-corrected chi connectivity index (χ4v) is 1.47. The molecule has 2 amide bonds. The van der Waals surface area contributed by atoms with Gasteiger partial charge in [0.1, 0.15) is 0 Å². The summed E-state index contributed by atoms with van der Waals surface area (Å²) in [6, 6.07) is 2.86. The van der Waals surface area contributed by atoms with Gasteiger partial charge >= 0.3 is 6.03 Å². The van der Waals surface area contributed by atoms with Crippen LogP contribution in [0.25, 0.3) is 10.9 Å². The molecule has 0 bridgehead atoms. The molecule has 2 aromatic rings. The van der Waals surface area contributed by atoms with Gasteiger partial charge in [-0.2, -0.15) is 0 Å². The number of carbonyl (C=O) groups is 1. The number of fused-ring (bicyclic) bond motifs is 1. The van der Waals surface area contributed by atoms with E-state index in [1.165, 1.54) is 18.2 Å². The van der Waals surface area contributed by atoms with Crippen LogP contribution < -0.4 is 5.73 Å². The van der Waals surface area contributed by atoms with Gasteiger partial charge in [0, 0.05) is 17.5 Å². The van der Waals surface area contributed by atoms with Crippen molar-refractivity contribution in [2.45, 2.75) is 0 Å². The summed E-state index contributed by atoms with van der Waals surface area (Å²) in [4.78, 5) is 23.0. The predicted molar refractivity (Wildman–Crippen MR) is 60.7 cm³/mol. The Morgan fingerprint density at radius 3 is 2.83 bits per heavy atom. The van der Waals surface area contributed by atoms with Gasteiger partial charge in [-0.3, -0.25) is 10.1 Å². The highest BCUT2D eigenvalue weighted by Gasteiger charge is 2.14. The fraction of sp³-hybridized carbons (Fsp3) is 0. The number of nitrogens with one attached hydrogen (secondary N) is 1. The first kappa shape index (κ1) is 11.5. The van der Waals surface area contributed by atoms with Crippen LogP contribution in [0.5, 0.6) is 5.88 Å². The van der Waals surface area contributed by atoms with Crippen LogP contribution in [-0.4, -0.2) is 21.0 Å². The third-order valence-electron chi connectivity index (χ3n) is 2.20. The Kier molecular flexibility index (Phi) is 2.64. The van der Waals surface area contributed by atoms with Crippen molar-refractivity contribution in [2.24, 2.45) is 16.0 Å². The molecule has 0 aliphatic carbocycles. The van der Waals surface area contributed by atoms with Crippen molar-refractivity contribution in [2.75, 3.05) is 0 Å². The van der Waals surface area contributed by atoms with Crippen molar-refractivity contribution >= 4 is 28.3 Å². The molecule has 0 unspecified atom stereocenters. The average molecular weight is 249 g/mol. The standard InChI is InChI=1S/C9H7N5O4/c10-9(16)13-12-7-5-2-1-4(14(17)18)3-6(5)11-8(7)15/h1-3,11,15H,(H2,10,16). The van der Waals surface area contributed by atoms with Crippen molar-refractivity contribution in [1.29, 1.82) is 0 Å². The summed E-state index contributed by atoms with van der Waals surface area (Å²) < 4.78 is 0. The number of nitrogens with zero attached hydrogens (tertiary/aromatic N) is 3. The summed E-state index contributed by atoms with van der Waals surface area (Å²) in [7, 11) is 0. The third-order valence-corrected chi connectivity index (χ3v) is 2.20. The number of aromatic amines is 1. The zero-order valence-electron chi connectivity index (χ0n) is 8.82. The molecule has 1 aromatic carbocycles. The number of carbonyl (C=O) groups excluding carboxylic acids is 1. The number of H-pyrrole nitrogens is 1. The van der Waals surface area contributed by atoms with Gasteiger partial charge in [-0.25, -0.2) is 4.79 Å². The number of hydrogen-bond donors (Lipinski definition) is 3. The van der Waals surface area contributed by atoms with E-state index in [9.17, 15) is 20.0 Å². The third kappa shape index (κ3) is 1.96. The van der Waals surface area contributed by atoms with Crippen molar-refractivity contribution in [3.05, 3.63) is 28.3 Å². The zero-order chi connectivity index (χ0) is 13.3. The van der Waals surface area contributed by atoms with Crippen LogP contribution >= 0.6 is 0 Å². The lowest BCUT2D eigenvalue weighted by Crippen LogP contribution is -2.01. The molecule has 18 heavy (non-hydrogen) atoms. The number of hydrogen-bond acceptors (Lipinski definition) is 5. The minimum Gasteiger partial charge on any atom is -0.493 e. The summed E-state index contributed by atoms with van der Waals surface area (Å²) in [5.74, 6) is -0.351. The minimum atomic E-state index is -1.01. The molecule has 4 N–H and O–H groups in total. The van der Waals surface area contributed by atoms with Gasteiger partial charge in [-0.1, -0.05) is 5.11 Å². The highest BCUT2D eigenvalue weighted by Crippen LogP contribution is 2.36. The topological polar surface area (TPSA) is 147 Å². The first-order valence-corrected chi connectivity index (χ1v) is 4.69. The van der Waals surface area contributed by atoms with Gasteiger partial charge in [0.15, 0.2) is 5.69 Å². The number of non-ortho nitro benzene ring substituents is 1. The fourth-order valence-electron chi connectivity index (χ4n) is 1.47. The molecule has 0 atom stereocenters. The number of azo groups is 1. The quantitative estimate of drug-likeness (QED) is 0.423. The Bertz CT molecular complexity index is 675. The van der Waals surface area contributed by atoms with Gasteiger partial charge in [0.2, 0.25) is 5.88 Å². The number of primary amides is 1. The van der Waals surface area contributed by atoms with Crippen LogP contribution in [-0.2, 0) is 0 Å². The summed E-state index contributed by atoms with van der Waals surface area (Å²) in [6.07, 6.45) is 0. The molecule has 0 aliphatic rings. The lowest BCUT2D eigenvalue weighted by Gasteiger charge is -1.92. The van der Waals surface area contributed by atoms with Gasteiger partial charge in [-0.15, -0.1) is 5.11 Å². The molecular formula is C9H7N5O4. The van der Waals surface area contributed by atoms with E-state index in [0.29, 0.717) is 10.9 Å². The predicted octanol–water partition coefficient (Wildman–Crippen LogP) is 1.94. The van der Waals surface area contributed by atoms with E-state index in [1.54, 1.807) is 0 Å². The number of aromatic nitrogens is 1. The molecule has 0 spiro atoms. The lowest BCUT2D eigenvalue weighted by atomic mass is 10.2. The molecule has 0 radical (unpaired) electrons. The number of nitro benzene ring substituents is 1. The summed E-state index contributed by atoms with van der Waals surface area (Å²) >= 11 is 0. The second-order valence-electron chi connectivity index (χ2n) is 3.35. The van der Waals surface area contributed by atoms with E-state index in [0.717, 1.165) is 0 Å². The largest absolute Gasteiger partial charge is 0.493 e. The Morgan fingerprint density at radius 2 is 2.22 bits per heavy atom. The van der Waals surface area contributed by atoms with Crippen molar-refractivity contribution < 1.29 is 14.8 Å². The molecule has 2 rings (SSSR count). The van der Waals surface area contributed by atoms with Crippen LogP contribution in [0.1, 0.15) is 0 Å². The van der Waals surface area contributed by atoms with E-state index in [2.05, 4.69) is 15.2 Å². The number of aromatic hydroxyl groups is 1. The Hall–Kier alpha value is -2.97. The lowest BCUT2D eigenvalue weighted by molar-refractivity contribution is -0.384. The number of nitrogens with two attached hydrogens (primary N) is 1. The molecule has 1 heterocycles. The number of urea groups is 1. The smallest absolute Gasteiger partial charge is 0.356 e.